The van der Waals surface area contributed by atoms with E-state index >= 15 is 0 Å². The predicted octanol–water partition coefficient (Wildman–Crippen LogP) is 2.60. The van der Waals surface area contributed by atoms with E-state index < -0.39 is 0 Å². The van der Waals surface area contributed by atoms with Crippen molar-refractivity contribution in [1.29, 1.82) is 0 Å². The summed E-state index contributed by atoms with van der Waals surface area (Å²) in [5, 5.41) is 2.70. The predicted molar refractivity (Wildman–Crippen MR) is 76.1 cm³/mol. The summed E-state index contributed by atoms with van der Waals surface area (Å²) in [4.78, 5) is 11.1. The van der Waals surface area contributed by atoms with Crippen molar-refractivity contribution in [2.24, 2.45) is 0 Å². The van der Waals surface area contributed by atoms with E-state index in [4.69, 9.17) is 16.2 Å². The molecule has 0 atom stereocenters. The molecule has 0 aliphatic rings. The summed E-state index contributed by atoms with van der Waals surface area (Å²) in [5.41, 5.74) is 12.9. The Hall–Kier alpha value is -2.69. The molecular weight excluding hydrogens is 242 g/mol. The zero-order valence-electron chi connectivity index (χ0n) is 10.5. The van der Waals surface area contributed by atoms with Gasteiger partial charge in [-0.2, -0.15) is 0 Å². The van der Waals surface area contributed by atoms with Gasteiger partial charge in [0.15, 0.2) is 5.75 Å². The van der Waals surface area contributed by atoms with Gasteiger partial charge >= 0.3 is 0 Å². The van der Waals surface area contributed by atoms with Gasteiger partial charge in [-0.15, -0.1) is 0 Å². The third kappa shape index (κ3) is 3.16. The van der Waals surface area contributed by atoms with Crippen LogP contribution in [0.2, 0.25) is 0 Å². The molecule has 0 unspecified atom stereocenters. The van der Waals surface area contributed by atoms with Crippen molar-refractivity contribution in [2.75, 3.05) is 16.8 Å². The highest BCUT2D eigenvalue weighted by Gasteiger charge is 2.06. The summed E-state index contributed by atoms with van der Waals surface area (Å²) >= 11 is 0. The standard InChI is InChI=1S/C14H15N3O2/c1-9(18)17-13-4-2-3-5-14(13)19-10-6-7-11(15)12(16)8-10/h2-8H,15-16H2,1H3,(H,17,18). The van der Waals surface area contributed by atoms with Crippen LogP contribution in [0.5, 0.6) is 11.5 Å². The maximum Gasteiger partial charge on any atom is 0.221 e. The molecule has 2 aromatic carbocycles. The summed E-state index contributed by atoms with van der Waals surface area (Å²) in [6.07, 6.45) is 0. The van der Waals surface area contributed by atoms with Crippen molar-refractivity contribution in [3.05, 3.63) is 42.5 Å². The molecule has 0 fully saturated rings. The first-order valence-electron chi connectivity index (χ1n) is 5.76. The molecule has 0 bridgehead atoms. The summed E-state index contributed by atoms with van der Waals surface area (Å²) in [6, 6.07) is 12.2. The maximum absolute atomic E-state index is 11.1. The van der Waals surface area contributed by atoms with Gasteiger partial charge in [0, 0.05) is 13.0 Å². The number of amides is 1. The van der Waals surface area contributed by atoms with Crippen LogP contribution in [0.15, 0.2) is 42.5 Å². The van der Waals surface area contributed by atoms with E-state index in [0.29, 0.717) is 28.6 Å². The molecule has 2 aromatic rings. The van der Waals surface area contributed by atoms with Crippen molar-refractivity contribution < 1.29 is 9.53 Å². The molecule has 0 radical (unpaired) electrons. The number of nitrogens with two attached hydrogens (primary N) is 2. The molecule has 5 N–H and O–H groups in total. The molecule has 5 nitrogen and oxygen atoms in total. The molecule has 0 saturated heterocycles. The zero-order chi connectivity index (χ0) is 13.8. The third-order valence-electron chi connectivity index (χ3n) is 2.48. The molecule has 19 heavy (non-hydrogen) atoms. The third-order valence-corrected chi connectivity index (χ3v) is 2.48. The van der Waals surface area contributed by atoms with Crippen LogP contribution < -0.4 is 21.5 Å². The Kier molecular flexibility index (Phi) is 3.56. The van der Waals surface area contributed by atoms with E-state index in [-0.39, 0.29) is 5.91 Å². The second-order valence-electron chi connectivity index (χ2n) is 4.07. The van der Waals surface area contributed by atoms with Crippen molar-refractivity contribution in [3.63, 3.8) is 0 Å². The Labute approximate surface area is 111 Å². The summed E-state index contributed by atoms with van der Waals surface area (Å²) in [6.45, 7) is 1.44. The van der Waals surface area contributed by atoms with Crippen LogP contribution in [-0.4, -0.2) is 5.91 Å². The normalized spacial score (nSPS) is 9.95. The highest BCUT2D eigenvalue weighted by Crippen LogP contribution is 2.31. The minimum Gasteiger partial charge on any atom is -0.455 e. The van der Waals surface area contributed by atoms with Gasteiger partial charge in [-0.25, -0.2) is 0 Å². The van der Waals surface area contributed by atoms with Crippen molar-refractivity contribution in [1.82, 2.24) is 0 Å². The Morgan fingerprint density at radius 3 is 2.53 bits per heavy atom. The van der Waals surface area contributed by atoms with Gasteiger partial charge in [-0.05, 0) is 24.3 Å². The first-order valence-corrected chi connectivity index (χ1v) is 5.76. The Balaban J connectivity index is 2.27. The first kappa shape index (κ1) is 12.8. The molecule has 5 heteroatoms. The molecule has 2 rings (SSSR count). The van der Waals surface area contributed by atoms with Crippen LogP contribution in [0.3, 0.4) is 0 Å². The fourth-order valence-electron chi connectivity index (χ4n) is 1.59. The van der Waals surface area contributed by atoms with Crippen LogP contribution in [0, 0.1) is 0 Å². The monoisotopic (exact) mass is 257 g/mol. The van der Waals surface area contributed by atoms with Crippen molar-refractivity contribution >= 4 is 23.0 Å². The summed E-state index contributed by atoms with van der Waals surface area (Å²) < 4.78 is 5.70. The molecule has 0 aromatic heterocycles. The lowest BCUT2D eigenvalue weighted by molar-refractivity contribution is -0.114. The van der Waals surface area contributed by atoms with E-state index in [2.05, 4.69) is 5.32 Å². The number of benzene rings is 2. The van der Waals surface area contributed by atoms with Crippen molar-refractivity contribution in [3.8, 4) is 11.5 Å². The zero-order valence-corrected chi connectivity index (χ0v) is 10.5. The minimum atomic E-state index is -0.159. The van der Waals surface area contributed by atoms with Gasteiger partial charge in [0.1, 0.15) is 5.75 Å². The molecule has 0 aliphatic carbocycles. The number of carbonyl (C=O) groups is 1. The Morgan fingerprint density at radius 2 is 1.84 bits per heavy atom. The maximum atomic E-state index is 11.1. The number of rotatable bonds is 3. The number of nitrogen functional groups attached to an aromatic ring is 2. The average Bonchev–Trinajstić information content (AvgIpc) is 2.36. The number of hydrogen-bond donors (Lipinski definition) is 3. The Bertz CT molecular complexity index is 611. The van der Waals surface area contributed by atoms with E-state index in [1.165, 1.54) is 6.92 Å². The van der Waals surface area contributed by atoms with Gasteiger partial charge in [-0.3, -0.25) is 4.79 Å². The second kappa shape index (κ2) is 5.30. The number of carbonyl (C=O) groups excluding carboxylic acids is 1. The molecule has 98 valence electrons. The van der Waals surface area contributed by atoms with Crippen LogP contribution >= 0.6 is 0 Å². The van der Waals surface area contributed by atoms with Gasteiger partial charge < -0.3 is 21.5 Å². The SMILES string of the molecule is CC(=O)Nc1ccccc1Oc1ccc(N)c(N)c1. The number of para-hydroxylation sites is 2. The van der Waals surface area contributed by atoms with E-state index in [9.17, 15) is 4.79 Å². The van der Waals surface area contributed by atoms with Gasteiger partial charge in [0.25, 0.3) is 0 Å². The quantitative estimate of drug-likeness (QED) is 0.737. The topological polar surface area (TPSA) is 90.4 Å². The highest BCUT2D eigenvalue weighted by molar-refractivity contribution is 5.90. The lowest BCUT2D eigenvalue weighted by Crippen LogP contribution is -2.06. The average molecular weight is 257 g/mol. The molecule has 0 spiro atoms. The number of hydrogen-bond acceptors (Lipinski definition) is 4. The lowest BCUT2D eigenvalue weighted by Gasteiger charge is -2.12. The van der Waals surface area contributed by atoms with E-state index in [1.807, 2.05) is 12.1 Å². The van der Waals surface area contributed by atoms with Gasteiger partial charge in [-0.1, -0.05) is 12.1 Å². The fraction of sp³-hybridized carbons (Fsp3) is 0.0714. The lowest BCUT2D eigenvalue weighted by atomic mass is 10.2. The van der Waals surface area contributed by atoms with E-state index in [1.54, 1.807) is 30.3 Å². The van der Waals surface area contributed by atoms with Crippen LogP contribution in [0.4, 0.5) is 17.1 Å². The minimum absolute atomic E-state index is 0.159. The second-order valence-corrected chi connectivity index (χ2v) is 4.07. The van der Waals surface area contributed by atoms with E-state index in [0.717, 1.165) is 0 Å². The van der Waals surface area contributed by atoms with Gasteiger partial charge in [0.2, 0.25) is 5.91 Å². The fourth-order valence-corrected chi connectivity index (χ4v) is 1.59. The molecule has 0 heterocycles. The van der Waals surface area contributed by atoms with Crippen molar-refractivity contribution in [2.45, 2.75) is 6.92 Å². The molecular formula is C14H15N3O2. The first-order chi connectivity index (χ1) is 9.06. The largest absolute Gasteiger partial charge is 0.455 e. The highest BCUT2D eigenvalue weighted by atomic mass is 16.5. The molecule has 1 amide bonds. The smallest absolute Gasteiger partial charge is 0.221 e. The molecule has 0 aliphatic heterocycles. The van der Waals surface area contributed by atoms with Crippen LogP contribution in [0.25, 0.3) is 0 Å². The van der Waals surface area contributed by atoms with Crippen LogP contribution in [-0.2, 0) is 4.79 Å². The molecule has 0 saturated carbocycles. The number of anilines is 3. The number of ether oxygens (including phenoxy) is 1. The summed E-state index contributed by atoms with van der Waals surface area (Å²) in [5.74, 6) is 0.944. The summed E-state index contributed by atoms with van der Waals surface area (Å²) in [7, 11) is 0. The van der Waals surface area contributed by atoms with Gasteiger partial charge in [0.05, 0.1) is 17.1 Å². The Morgan fingerprint density at radius 1 is 1.11 bits per heavy atom. The van der Waals surface area contributed by atoms with Crippen LogP contribution in [0.1, 0.15) is 6.92 Å². The number of nitrogens with one attached hydrogen (secondary N) is 1.